The molecule has 0 aliphatic carbocycles. The second-order valence-electron chi connectivity index (χ2n) is 3.43. The van der Waals surface area contributed by atoms with Gasteiger partial charge in [0, 0.05) is 0 Å². The normalized spacial score (nSPS) is 10.2. The Labute approximate surface area is 100 Å². The number of hydrogen-bond acceptors (Lipinski definition) is 1. The summed E-state index contributed by atoms with van der Waals surface area (Å²) in [5, 5.41) is 0. The third-order valence-electron chi connectivity index (χ3n) is 2.25. The van der Waals surface area contributed by atoms with Gasteiger partial charge >= 0.3 is 100 Å². The van der Waals surface area contributed by atoms with Crippen molar-refractivity contribution in [2.24, 2.45) is 0 Å². The van der Waals surface area contributed by atoms with Gasteiger partial charge in [0.25, 0.3) is 0 Å². The van der Waals surface area contributed by atoms with Gasteiger partial charge in [-0.2, -0.15) is 0 Å². The maximum atomic E-state index is 5.64. The Morgan fingerprint density at radius 1 is 1.07 bits per heavy atom. The first-order chi connectivity index (χ1) is 7.25. The Morgan fingerprint density at radius 2 is 1.87 bits per heavy atom. The van der Waals surface area contributed by atoms with Crippen molar-refractivity contribution in [1.82, 2.24) is 4.98 Å². The SMILES string of the molecule is [CH]c1cccc(Cc2cccc[c]2[Ga])n1. The molecule has 2 aromatic rings. The van der Waals surface area contributed by atoms with Crippen molar-refractivity contribution < 1.29 is 0 Å². The number of nitrogens with zero attached hydrogens (tertiary/aromatic N) is 1. The monoisotopic (exact) mass is 249 g/mol. The Hall–Kier alpha value is -0.994. The third-order valence-corrected chi connectivity index (χ3v) is 3.44. The summed E-state index contributed by atoms with van der Waals surface area (Å²) < 4.78 is 1.36. The van der Waals surface area contributed by atoms with Crippen LogP contribution >= 0.6 is 0 Å². The molecule has 1 aromatic carbocycles. The molecule has 0 aliphatic heterocycles. The van der Waals surface area contributed by atoms with E-state index >= 15 is 0 Å². The fourth-order valence-electron chi connectivity index (χ4n) is 1.49. The summed E-state index contributed by atoms with van der Waals surface area (Å²) in [7, 11) is 0. The average Bonchev–Trinajstić information content (AvgIpc) is 2.22. The quantitative estimate of drug-likeness (QED) is 0.736. The van der Waals surface area contributed by atoms with E-state index in [9.17, 15) is 0 Å². The topological polar surface area (TPSA) is 12.9 Å². The molecular weight excluding hydrogens is 240 g/mol. The average molecular weight is 250 g/mol. The van der Waals surface area contributed by atoms with Gasteiger partial charge in [0.1, 0.15) is 0 Å². The van der Waals surface area contributed by atoms with Gasteiger partial charge in [0.15, 0.2) is 0 Å². The molecule has 0 aliphatic rings. The summed E-state index contributed by atoms with van der Waals surface area (Å²) in [5.74, 6) is 0. The van der Waals surface area contributed by atoms with E-state index < -0.39 is 0 Å². The zero-order valence-corrected chi connectivity index (χ0v) is 10.8. The second-order valence-corrected chi connectivity index (χ2v) is 4.73. The Bertz CT molecular complexity index is 466. The van der Waals surface area contributed by atoms with Crippen molar-refractivity contribution >= 4 is 22.7 Å². The van der Waals surface area contributed by atoms with Gasteiger partial charge in [0.05, 0.1) is 0 Å². The van der Waals surface area contributed by atoms with Gasteiger partial charge in [-0.1, -0.05) is 0 Å². The van der Waals surface area contributed by atoms with Crippen LogP contribution in [0.4, 0.5) is 0 Å². The van der Waals surface area contributed by atoms with Crippen molar-refractivity contribution in [1.29, 1.82) is 0 Å². The van der Waals surface area contributed by atoms with Crippen molar-refractivity contribution in [3.63, 3.8) is 0 Å². The summed E-state index contributed by atoms with van der Waals surface area (Å²) >= 11 is 1.65. The van der Waals surface area contributed by atoms with Crippen LogP contribution in [0.15, 0.2) is 42.5 Å². The van der Waals surface area contributed by atoms with Crippen LogP contribution in [0, 0.1) is 6.92 Å². The van der Waals surface area contributed by atoms with E-state index in [1.165, 1.54) is 9.68 Å². The molecule has 0 spiro atoms. The predicted octanol–water partition coefficient (Wildman–Crippen LogP) is 1.53. The third kappa shape index (κ3) is 2.73. The molecule has 0 amide bonds. The molecule has 2 rings (SSSR count). The Balaban J connectivity index is 2.26. The van der Waals surface area contributed by atoms with Crippen molar-refractivity contribution in [2.75, 3.05) is 0 Å². The molecule has 0 N–H and O–H groups in total. The minimum atomic E-state index is 0.589. The minimum absolute atomic E-state index is 0.589. The van der Waals surface area contributed by atoms with Crippen LogP contribution in [0.5, 0.6) is 0 Å². The van der Waals surface area contributed by atoms with Gasteiger partial charge < -0.3 is 0 Å². The molecule has 2 heteroatoms. The van der Waals surface area contributed by atoms with Gasteiger partial charge in [-0.05, 0) is 0 Å². The summed E-state index contributed by atoms with van der Waals surface area (Å²) in [6.45, 7) is 5.64. The molecular formula is C13H10GaN. The van der Waals surface area contributed by atoms with Gasteiger partial charge in [-0.25, -0.2) is 0 Å². The Kier molecular flexibility index (Phi) is 3.29. The molecule has 1 heterocycles. The number of rotatable bonds is 2. The van der Waals surface area contributed by atoms with Crippen LogP contribution in [0.25, 0.3) is 0 Å². The van der Waals surface area contributed by atoms with Crippen LogP contribution in [0.2, 0.25) is 0 Å². The fourth-order valence-corrected chi connectivity index (χ4v) is 2.14. The van der Waals surface area contributed by atoms with E-state index in [2.05, 4.69) is 29.2 Å². The molecule has 15 heavy (non-hydrogen) atoms. The van der Waals surface area contributed by atoms with Crippen molar-refractivity contribution in [2.45, 2.75) is 6.42 Å². The molecule has 0 atom stereocenters. The molecule has 4 radical (unpaired) electrons. The van der Waals surface area contributed by atoms with E-state index in [0.717, 1.165) is 12.1 Å². The summed E-state index contributed by atoms with van der Waals surface area (Å²) in [6, 6.07) is 14.2. The Morgan fingerprint density at radius 3 is 2.60 bits per heavy atom. The summed E-state index contributed by atoms with van der Waals surface area (Å²) in [4.78, 5) is 4.29. The molecule has 0 unspecified atom stereocenters. The standard InChI is InChI=1S/C13H10N.Ga/c1-11-6-5-9-13(14-11)10-12-7-3-2-4-8-12;/h1-7,9H,10H2;. The van der Waals surface area contributed by atoms with E-state index in [4.69, 9.17) is 6.92 Å². The van der Waals surface area contributed by atoms with Crippen LogP contribution < -0.4 is 4.12 Å². The molecule has 1 aromatic heterocycles. The van der Waals surface area contributed by atoms with Crippen LogP contribution in [-0.2, 0) is 6.42 Å². The summed E-state index contributed by atoms with van der Waals surface area (Å²) in [5.41, 5.74) is 2.95. The number of benzene rings is 1. The van der Waals surface area contributed by atoms with E-state index in [-0.39, 0.29) is 0 Å². The van der Waals surface area contributed by atoms with Gasteiger partial charge in [0.2, 0.25) is 0 Å². The molecule has 70 valence electrons. The van der Waals surface area contributed by atoms with Crippen LogP contribution in [0.3, 0.4) is 0 Å². The van der Waals surface area contributed by atoms with E-state index in [0.29, 0.717) is 5.69 Å². The van der Waals surface area contributed by atoms with Gasteiger partial charge in [-0.3, -0.25) is 0 Å². The zero-order valence-electron chi connectivity index (χ0n) is 8.35. The number of hydrogen-bond donors (Lipinski definition) is 0. The number of pyridine rings is 1. The molecule has 0 saturated heterocycles. The molecule has 0 bridgehead atoms. The van der Waals surface area contributed by atoms with Gasteiger partial charge in [-0.15, -0.1) is 0 Å². The van der Waals surface area contributed by atoms with E-state index in [1.807, 2.05) is 18.2 Å². The van der Waals surface area contributed by atoms with Crippen molar-refractivity contribution in [3.8, 4) is 0 Å². The number of aromatic nitrogens is 1. The van der Waals surface area contributed by atoms with Crippen LogP contribution in [0.1, 0.15) is 17.0 Å². The predicted molar refractivity (Wildman–Crippen MR) is 62.3 cm³/mol. The zero-order chi connectivity index (χ0) is 10.7. The first kappa shape index (κ1) is 10.5. The van der Waals surface area contributed by atoms with Crippen molar-refractivity contribution in [3.05, 3.63) is 66.3 Å². The van der Waals surface area contributed by atoms with Crippen LogP contribution in [-0.4, -0.2) is 23.6 Å². The summed E-state index contributed by atoms with van der Waals surface area (Å²) in [6.07, 6.45) is 0.861. The molecule has 0 saturated carbocycles. The maximum absolute atomic E-state index is 5.64. The first-order valence-corrected chi connectivity index (χ1v) is 6.01. The first-order valence-electron chi connectivity index (χ1n) is 4.80. The fraction of sp³-hybridized carbons (Fsp3) is 0.0769. The second kappa shape index (κ2) is 4.68. The molecule has 1 nitrogen and oxygen atoms in total. The van der Waals surface area contributed by atoms with E-state index in [1.54, 1.807) is 18.6 Å². The molecule has 0 fully saturated rings.